The van der Waals surface area contributed by atoms with Crippen LogP contribution in [0.25, 0.3) is 0 Å². The molecule has 2 unspecified atom stereocenters. The smallest absolute Gasteiger partial charge is 0.313 e. The van der Waals surface area contributed by atoms with Gasteiger partial charge in [-0.3, -0.25) is 9.59 Å². The minimum absolute atomic E-state index is 0.103. The molecule has 2 aromatic rings. The van der Waals surface area contributed by atoms with Gasteiger partial charge in [0.1, 0.15) is 5.41 Å². The number of benzene rings is 1. The maximum Gasteiger partial charge on any atom is 0.313 e. The molecule has 6 nitrogen and oxygen atoms in total. The molecule has 1 aliphatic heterocycles. The van der Waals surface area contributed by atoms with Crippen molar-refractivity contribution < 1.29 is 19.4 Å². The molecule has 1 N–H and O–H groups in total. The molecular formula is C23H30N2O4. The summed E-state index contributed by atoms with van der Waals surface area (Å²) in [6.45, 7) is 6.94. The van der Waals surface area contributed by atoms with Crippen LogP contribution in [0.2, 0.25) is 0 Å². The summed E-state index contributed by atoms with van der Waals surface area (Å²) < 4.78 is 7.36. The summed E-state index contributed by atoms with van der Waals surface area (Å²) in [4.78, 5) is 26.9. The third kappa shape index (κ3) is 3.94. The third-order valence-electron chi connectivity index (χ3n) is 6.12. The van der Waals surface area contributed by atoms with Crippen molar-refractivity contribution in [2.24, 2.45) is 5.41 Å². The van der Waals surface area contributed by atoms with Gasteiger partial charge >= 0.3 is 5.97 Å². The zero-order chi connectivity index (χ0) is 21.2. The number of carbonyl (C=O) groups excluding carboxylic acids is 1. The number of hydrogen-bond acceptors (Lipinski definition) is 3. The highest BCUT2D eigenvalue weighted by molar-refractivity contribution is 5.96. The monoisotopic (exact) mass is 398 g/mol. The summed E-state index contributed by atoms with van der Waals surface area (Å²) in [6, 6.07) is 12.2. The number of aliphatic carboxylic acids is 1. The second kappa shape index (κ2) is 8.41. The van der Waals surface area contributed by atoms with Crippen LogP contribution < -0.4 is 0 Å². The van der Waals surface area contributed by atoms with Crippen molar-refractivity contribution in [3.8, 4) is 0 Å². The van der Waals surface area contributed by atoms with Gasteiger partial charge in [-0.15, -0.1) is 0 Å². The Bertz CT molecular complexity index is 886. The van der Waals surface area contributed by atoms with Crippen LogP contribution in [0.15, 0.2) is 36.4 Å². The number of carboxylic acid groups (broad SMARTS) is 1. The standard InChI is InChI=1S/C23H30N2O4/c1-16-13-20(18(3)25(16)17(2)19-9-6-5-7-10-19)21(26)24-12-8-11-23(14-24,15-29-4)22(27)28/h5-7,9-10,13,17H,8,11-12,14-15H2,1-4H3,(H,27,28). The number of hydrogen-bond donors (Lipinski definition) is 1. The maximum absolute atomic E-state index is 13.3. The molecule has 1 saturated heterocycles. The summed E-state index contributed by atoms with van der Waals surface area (Å²) in [5, 5.41) is 9.77. The van der Waals surface area contributed by atoms with Gasteiger partial charge < -0.3 is 19.3 Å². The van der Waals surface area contributed by atoms with E-state index in [2.05, 4.69) is 23.6 Å². The number of carbonyl (C=O) groups is 2. The predicted molar refractivity (Wildman–Crippen MR) is 111 cm³/mol. The molecule has 0 radical (unpaired) electrons. The van der Waals surface area contributed by atoms with Crippen molar-refractivity contribution in [2.45, 2.75) is 39.7 Å². The first-order valence-corrected chi connectivity index (χ1v) is 10.1. The van der Waals surface area contributed by atoms with Crippen LogP contribution in [0.5, 0.6) is 0 Å². The minimum atomic E-state index is -1.04. The number of methoxy groups -OCH3 is 1. The van der Waals surface area contributed by atoms with Gasteiger partial charge in [-0.2, -0.15) is 0 Å². The van der Waals surface area contributed by atoms with E-state index < -0.39 is 11.4 Å². The first kappa shape index (κ1) is 21.1. The molecule has 1 amide bonds. The number of rotatable bonds is 6. The number of likely N-dealkylation sites (tertiary alicyclic amines) is 1. The Labute approximate surface area is 172 Å². The molecule has 3 rings (SSSR count). The second-order valence-corrected chi connectivity index (χ2v) is 8.09. The van der Waals surface area contributed by atoms with Crippen molar-refractivity contribution in [3.63, 3.8) is 0 Å². The van der Waals surface area contributed by atoms with Gasteiger partial charge in [0.2, 0.25) is 0 Å². The average Bonchev–Trinajstić information content (AvgIpc) is 3.02. The molecule has 1 aromatic carbocycles. The molecule has 1 aliphatic rings. The summed E-state index contributed by atoms with van der Waals surface area (Å²) in [6.07, 6.45) is 1.17. The molecule has 2 heterocycles. The van der Waals surface area contributed by atoms with Gasteiger partial charge in [-0.25, -0.2) is 0 Å². The van der Waals surface area contributed by atoms with Crippen LogP contribution in [-0.4, -0.2) is 53.3 Å². The molecule has 29 heavy (non-hydrogen) atoms. The average molecular weight is 399 g/mol. The van der Waals surface area contributed by atoms with E-state index in [0.29, 0.717) is 24.9 Å². The largest absolute Gasteiger partial charge is 0.481 e. The van der Waals surface area contributed by atoms with Gasteiger partial charge in [0, 0.05) is 31.6 Å². The van der Waals surface area contributed by atoms with Gasteiger partial charge in [-0.05, 0) is 45.2 Å². The summed E-state index contributed by atoms with van der Waals surface area (Å²) >= 11 is 0. The highest BCUT2D eigenvalue weighted by Crippen LogP contribution is 2.33. The molecule has 0 aliphatic carbocycles. The minimum Gasteiger partial charge on any atom is -0.481 e. The molecule has 6 heteroatoms. The number of nitrogens with zero attached hydrogens (tertiary/aromatic N) is 2. The highest BCUT2D eigenvalue weighted by Gasteiger charge is 2.44. The van der Waals surface area contributed by atoms with Gasteiger partial charge in [-0.1, -0.05) is 30.3 Å². The number of piperidine rings is 1. The van der Waals surface area contributed by atoms with Crippen molar-refractivity contribution in [1.82, 2.24) is 9.47 Å². The Morgan fingerprint density at radius 3 is 2.55 bits per heavy atom. The number of aromatic nitrogens is 1. The van der Waals surface area contributed by atoms with Crippen molar-refractivity contribution in [2.75, 3.05) is 26.8 Å². The lowest BCUT2D eigenvalue weighted by Gasteiger charge is -2.39. The van der Waals surface area contributed by atoms with Crippen LogP contribution in [-0.2, 0) is 9.53 Å². The zero-order valence-electron chi connectivity index (χ0n) is 17.6. The molecular weight excluding hydrogens is 368 g/mol. The van der Waals surface area contributed by atoms with Crippen molar-refractivity contribution in [1.29, 1.82) is 0 Å². The number of carboxylic acids is 1. The number of amides is 1. The molecule has 1 aromatic heterocycles. The molecule has 0 saturated carbocycles. The quantitative estimate of drug-likeness (QED) is 0.806. The molecule has 1 fully saturated rings. The molecule has 2 atom stereocenters. The summed E-state index contributed by atoms with van der Waals surface area (Å²) in [5.41, 5.74) is 2.70. The second-order valence-electron chi connectivity index (χ2n) is 8.09. The maximum atomic E-state index is 13.3. The normalized spacial score (nSPS) is 20.5. The predicted octanol–water partition coefficient (Wildman–Crippen LogP) is 3.67. The highest BCUT2D eigenvalue weighted by atomic mass is 16.5. The van der Waals surface area contributed by atoms with E-state index in [1.165, 1.54) is 12.7 Å². The van der Waals surface area contributed by atoms with E-state index in [0.717, 1.165) is 11.4 Å². The van der Waals surface area contributed by atoms with E-state index in [1.54, 1.807) is 4.90 Å². The lowest BCUT2D eigenvalue weighted by atomic mass is 9.80. The van der Waals surface area contributed by atoms with Gasteiger partial charge in [0.15, 0.2) is 0 Å². The van der Waals surface area contributed by atoms with Crippen LogP contribution in [0.1, 0.15) is 53.1 Å². The third-order valence-corrected chi connectivity index (χ3v) is 6.12. The Balaban J connectivity index is 1.89. The Morgan fingerprint density at radius 2 is 1.93 bits per heavy atom. The van der Waals surface area contributed by atoms with Gasteiger partial charge in [0.05, 0.1) is 18.2 Å². The fraction of sp³-hybridized carbons (Fsp3) is 0.478. The fourth-order valence-electron chi connectivity index (χ4n) is 4.58. The zero-order valence-corrected chi connectivity index (χ0v) is 17.6. The van der Waals surface area contributed by atoms with E-state index in [-0.39, 0.29) is 25.1 Å². The molecule has 0 bridgehead atoms. The Kier molecular flexibility index (Phi) is 6.13. The first-order valence-electron chi connectivity index (χ1n) is 10.1. The van der Waals surface area contributed by atoms with Crippen molar-refractivity contribution >= 4 is 11.9 Å². The van der Waals surface area contributed by atoms with E-state index in [9.17, 15) is 14.7 Å². The fourth-order valence-corrected chi connectivity index (χ4v) is 4.58. The van der Waals surface area contributed by atoms with Crippen molar-refractivity contribution in [3.05, 3.63) is 58.9 Å². The lowest BCUT2D eigenvalue weighted by Crippen LogP contribution is -2.52. The van der Waals surface area contributed by atoms with E-state index in [4.69, 9.17) is 4.74 Å². The summed E-state index contributed by atoms with van der Waals surface area (Å²) in [7, 11) is 1.50. The Hall–Kier alpha value is -2.60. The molecule has 156 valence electrons. The summed E-state index contributed by atoms with van der Waals surface area (Å²) in [5.74, 6) is -1.01. The SMILES string of the molecule is COCC1(C(=O)O)CCCN(C(=O)c2cc(C)n(C(C)c3ccccc3)c2C)C1. The van der Waals surface area contributed by atoms with Crippen LogP contribution >= 0.6 is 0 Å². The van der Waals surface area contributed by atoms with Crippen LogP contribution in [0.3, 0.4) is 0 Å². The van der Waals surface area contributed by atoms with Gasteiger partial charge in [0.25, 0.3) is 5.91 Å². The van der Waals surface area contributed by atoms with Crippen LogP contribution in [0.4, 0.5) is 0 Å². The topological polar surface area (TPSA) is 71.8 Å². The number of aryl methyl sites for hydroxylation is 1. The van der Waals surface area contributed by atoms with Crippen LogP contribution in [0, 0.1) is 19.3 Å². The number of ether oxygens (including phenoxy) is 1. The molecule has 0 spiro atoms. The Morgan fingerprint density at radius 1 is 1.24 bits per heavy atom. The van der Waals surface area contributed by atoms with E-state index in [1.807, 2.05) is 38.1 Å². The van der Waals surface area contributed by atoms with E-state index >= 15 is 0 Å². The lowest BCUT2D eigenvalue weighted by molar-refractivity contribution is -0.155. The first-order chi connectivity index (χ1) is 13.8.